The Morgan fingerprint density at radius 1 is 1.71 bits per heavy atom. The molecule has 1 aliphatic rings. The van der Waals surface area contributed by atoms with Gasteiger partial charge in [-0.05, 0) is 12.8 Å². The van der Waals surface area contributed by atoms with Crippen LogP contribution in [0.4, 0.5) is 0 Å². The van der Waals surface area contributed by atoms with Gasteiger partial charge in [0.1, 0.15) is 0 Å². The number of hydrogen-bond donors (Lipinski definition) is 3. The highest BCUT2D eigenvalue weighted by molar-refractivity contribution is 7.99. The molecule has 0 spiro atoms. The number of imidazole rings is 1. The minimum atomic E-state index is 0.192. The largest absolute Gasteiger partial charge is 0.395 e. The number of aromatic nitrogens is 2. The Labute approximate surface area is 87.5 Å². The first kappa shape index (κ1) is 10.0. The second-order valence-electron chi connectivity index (χ2n) is 3.53. The van der Waals surface area contributed by atoms with Crippen molar-refractivity contribution < 1.29 is 5.11 Å². The summed E-state index contributed by atoms with van der Waals surface area (Å²) in [7, 11) is 0. The predicted molar refractivity (Wildman–Crippen MR) is 56.3 cm³/mol. The molecule has 0 bridgehead atoms. The van der Waals surface area contributed by atoms with Gasteiger partial charge in [0.25, 0.3) is 0 Å². The molecule has 1 fully saturated rings. The number of thioether (sulfide) groups is 1. The highest BCUT2D eigenvalue weighted by atomic mass is 32.2. The van der Waals surface area contributed by atoms with E-state index in [0.717, 1.165) is 10.9 Å². The molecular formula is C9H15N3OS. The third-order valence-corrected chi connectivity index (χ3v) is 3.23. The fourth-order valence-electron chi connectivity index (χ4n) is 1.25. The lowest BCUT2D eigenvalue weighted by Gasteiger charge is -2.14. The van der Waals surface area contributed by atoms with Crippen LogP contribution >= 0.6 is 11.8 Å². The van der Waals surface area contributed by atoms with E-state index in [1.165, 1.54) is 12.8 Å². The van der Waals surface area contributed by atoms with Crippen LogP contribution in [-0.2, 0) is 0 Å². The Morgan fingerprint density at radius 3 is 3.14 bits per heavy atom. The number of nitrogens with one attached hydrogen (secondary N) is 2. The zero-order valence-electron chi connectivity index (χ0n) is 7.94. The number of aliphatic hydroxyl groups excluding tert-OH is 1. The van der Waals surface area contributed by atoms with E-state index in [1.54, 1.807) is 18.0 Å². The maximum atomic E-state index is 9.12. The van der Waals surface area contributed by atoms with Gasteiger partial charge in [0.2, 0.25) is 0 Å². The van der Waals surface area contributed by atoms with Crippen molar-refractivity contribution in [3.05, 3.63) is 12.4 Å². The molecule has 0 saturated heterocycles. The molecule has 2 rings (SSSR count). The van der Waals surface area contributed by atoms with Crippen LogP contribution in [0.2, 0.25) is 0 Å². The van der Waals surface area contributed by atoms with Crippen LogP contribution in [0.1, 0.15) is 12.8 Å². The molecule has 0 amide bonds. The molecular weight excluding hydrogens is 198 g/mol. The normalized spacial score (nSPS) is 18.4. The number of hydrogen-bond acceptors (Lipinski definition) is 4. The molecule has 14 heavy (non-hydrogen) atoms. The summed E-state index contributed by atoms with van der Waals surface area (Å²) in [5.41, 5.74) is 0. The SMILES string of the molecule is OCC(CSc1ncc[nH]1)NC1CC1. The van der Waals surface area contributed by atoms with Crippen LogP contribution in [0.3, 0.4) is 0 Å². The lowest BCUT2D eigenvalue weighted by Crippen LogP contribution is -2.36. The molecule has 4 nitrogen and oxygen atoms in total. The molecule has 3 N–H and O–H groups in total. The van der Waals surface area contributed by atoms with Crippen LogP contribution in [0.15, 0.2) is 17.6 Å². The lowest BCUT2D eigenvalue weighted by molar-refractivity contribution is 0.253. The van der Waals surface area contributed by atoms with Gasteiger partial charge in [-0.3, -0.25) is 0 Å². The van der Waals surface area contributed by atoms with Crippen molar-refractivity contribution >= 4 is 11.8 Å². The van der Waals surface area contributed by atoms with E-state index >= 15 is 0 Å². The second kappa shape index (κ2) is 4.82. The summed E-state index contributed by atoms with van der Waals surface area (Å²) in [5.74, 6) is 0.862. The summed E-state index contributed by atoms with van der Waals surface area (Å²) in [6.07, 6.45) is 6.05. The lowest BCUT2D eigenvalue weighted by atomic mass is 10.3. The minimum absolute atomic E-state index is 0.192. The molecule has 1 aliphatic carbocycles. The van der Waals surface area contributed by atoms with E-state index in [9.17, 15) is 0 Å². The first-order chi connectivity index (χ1) is 6.88. The predicted octanol–water partition coefficient (Wildman–Crippen LogP) is 0.615. The van der Waals surface area contributed by atoms with Crippen LogP contribution in [0.25, 0.3) is 0 Å². The quantitative estimate of drug-likeness (QED) is 0.606. The highest BCUT2D eigenvalue weighted by Crippen LogP contribution is 2.21. The molecule has 5 heteroatoms. The Hall–Kier alpha value is -0.520. The average Bonchev–Trinajstić information content (AvgIpc) is 2.86. The molecule has 0 aliphatic heterocycles. The van der Waals surface area contributed by atoms with E-state index in [2.05, 4.69) is 15.3 Å². The fourth-order valence-corrected chi connectivity index (χ4v) is 2.09. The molecule has 1 aromatic heterocycles. The Balaban J connectivity index is 1.71. The summed E-state index contributed by atoms with van der Waals surface area (Å²) in [5, 5.41) is 13.4. The van der Waals surface area contributed by atoms with Gasteiger partial charge in [0.15, 0.2) is 5.16 Å². The standard InChI is InChI=1S/C9H15N3OS/c13-5-8(12-7-1-2-7)6-14-9-10-3-4-11-9/h3-4,7-8,12-13H,1-2,5-6H2,(H,10,11). The van der Waals surface area contributed by atoms with E-state index in [0.29, 0.717) is 6.04 Å². The second-order valence-corrected chi connectivity index (χ2v) is 4.53. The van der Waals surface area contributed by atoms with Crippen LogP contribution < -0.4 is 5.32 Å². The zero-order chi connectivity index (χ0) is 9.80. The van der Waals surface area contributed by atoms with E-state index in [-0.39, 0.29) is 12.6 Å². The highest BCUT2D eigenvalue weighted by Gasteiger charge is 2.24. The minimum Gasteiger partial charge on any atom is -0.395 e. The van der Waals surface area contributed by atoms with Crippen molar-refractivity contribution in [1.29, 1.82) is 0 Å². The summed E-state index contributed by atoms with van der Waals surface area (Å²) in [6.45, 7) is 0.199. The summed E-state index contributed by atoms with van der Waals surface area (Å²) in [6, 6.07) is 0.835. The van der Waals surface area contributed by atoms with Gasteiger partial charge in [-0.2, -0.15) is 0 Å². The van der Waals surface area contributed by atoms with Crippen molar-refractivity contribution in [3.63, 3.8) is 0 Å². The maximum absolute atomic E-state index is 9.12. The number of aliphatic hydroxyl groups is 1. The zero-order valence-corrected chi connectivity index (χ0v) is 8.76. The van der Waals surface area contributed by atoms with E-state index in [4.69, 9.17) is 5.11 Å². The third kappa shape index (κ3) is 3.01. The molecule has 78 valence electrons. The molecule has 1 aromatic rings. The first-order valence-electron chi connectivity index (χ1n) is 4.87. The smallest absolute Gasteiger partial charge is 0.165 e. The topological polar surface area (TPSA) is 60.9 Å². The number of rotatable bonds is 6. The maximum Gasteiger partial charge on any atom is 0.165 e. The van der Waals surface area contributed by atoms with Gasteiger partial charge in [0, 0.05) is 30.2 Å². The van der Waals surface area contributed by atoms with Gasteiger partial charge in [-0.25, -0.2) is 4.98 Å². The number of aromatic amines is 1. The van der Waals surface area contributed by atoms with E-state index < -0.39 is 0 Å². The average molecular weight is 213 g/mol. The first-order valence-corrected chi connectivity index (χ1v) is 5.86. The Kier molecular flexibility index (Phi) is 3.44. The molecule has 1 saturated carbocycles. The van der Waals surface area contributed by atoms with Crippen molar-refractivity contribution in [2.24, 2.45) is 0 Å². The van der Waals surface area contributed by atoms with Crippen molar-refractivity contribution in [3.8, 4) is 0 Å². The number of nitrogens with zero attached hydrogens (tertiary/aromatic N) is 1. The Morgan fingerprint density at radius 2 is 2.57 bits per heavy atom. The van der Waals surface area contributed by atoms with Crippen LogP contribution in [0, 0.1) is 0 Å². The monoisotopic (exact) mass is 213 g/mol. The van der Waals surface area contributed by atoms with Gasteiger partial charge in [-0.1, -0.05) is 11.8 Å². The molecule has 1 unspecified atom stereocenters. The summed E-state index contributed by atoms with van der Waals surface area (Å²) < 4.78 is 0. The third-order valence-electron chi connectivity index (χ3n) is 2.16. The molecule has 0 aromatic carbocycles. The van der Waals surface area contributed by atoms with E-state index in [1.807, 2.05) is 6.20 Å². The molecule has 0 radical (unpaired) electrons. The Bertz CT molecular complexity index is 261. The van der Waals surface area contributed by atoms with Gasteiger partial charge < -0.3 is 15.4 Å². The molecule has 1 heterocycles. The van der Waals surface area contributed by atoms with Gasteiger partial charge in [-0.15, -0.1) is 0 Å². The summed E-state index contributed by atoms with van der Waals surface area (Å²) >= 11 is 1.64. The van der Waals surface area contributed by atoms with Crippen LogP contribution in [0.5, 0.6) is 0 Å². The number of H-pyrrole nitrogens is 1. The molecule has 1 atom stereocenters. The van der Waals surface area contributed by atoms with Gasteiger partial charge >= 0.3 is 0 Å². The van der Waals surface area contributed by atoms with Crippen molar-refractivity contribution in [1.82, 2.24) is 15.3 Å². The fraction of sp³-hybridized carbons (Fsp3) is 0.667. The van der Waals surface area contributed by atoms with Gasteiger partial charge in [0.05, 0.1) is 6.61 Å². The summed E-state index contributed by atoms with van der Waals surface area (Å²) in [4.78, 5) is 7.14. The van der Waals surface area contributed by atoms with Crippen LogP contribution in [-0.4, -0.2) is 39.5 Å². The van der Waals surface area contributed by atoms with Crippen molar-refractivity contribution in [2.75, 3.05) is 12.4 Å². The van der Waals surface area contributed by atoms with Crippen molar-refractivity contribution in [2.45, 2.75) is 30.1 Å².